The van der Waals surface area contributed by atoms with Gasteiger partial charge in [0.2, 0.25) is 0 Å². The highest BCUT2D eigenvalue weighted by atomic mass is 16.3. The third-order valence-electron chi connectivity index (χ3n) is 7.07. The van der Waals surface area contributed by atoms with Gasteiger partial charge in [0.1, 0.15) is 5.82 Å². The van der Waals surface area contributed by atoms with Crippen molar-refractivity contribution in [2.24, 2.45) is 0 Å². The first-order valence-electron chi connectivity index (χ1n) is 13.6. The summed E-state index contributed by atoms with van der Waals surface area (Å²) < 4.78 is 4.81. The molecular formula is C29H39N7O3. The number of benzene rings is 2. The molecule has 0 bridgehead atoms. The summed E-state index contributed by atoms with van der Waals surface area (Å²) in [5, 5.41) is 13.2. The fourth-order valence-electron chi connectivity index (χ4n) is 4.80. The van der Waals surface area contributed by atoms with E-state index in [1.807, 2.05) is 66.9 Å². The number of hydrogen-bond donors (Lipinski definition) is 4. The van der Waals surface area contributed by atoms with Crippen LogP contribution in [-0.2, 0) is 32.5 Å². The second-order valence-electron chi connectivity index (χ2n) is 9.83. The van der Waals surface area contributed by atoms with Crippen LogP contribution in [0, 0.1) is 0 Å². The van der Waals surface area contributed by atoms with Crippen LogP contribution in [0.4, 0.5) is 11.4 Å². The number of nitrogens with zero attached hydrogens (tertiary/aromatic N) is 4. The molecule has 0 amide bonds. The molecule has 208 valence electrons. The molecule has 0 fully saturated rings. The third-order valence-corrected chi connectivity index (χ3v) is 7.07. The number of hydrogen-bond acceptors (Lipinski definition) is 7. The van der Waals surface area contributed by atoms with Gasteiger partial charge in [-0.05, 0) is 42.5 Å². The lowest BCUT2D eigenvalue weighted by molar-refractivity contribution is 0.167. The minimum absolute atomic E-state index is 0.314. The lowest BCUT2D eigenvalue weighted by atomic mass is 10.1. The summed E-state index contributed by atoms with van der Waals surface area (Å²) in [6.45, 7) is 5.93. The second-order valence-corrected chi connectivity index (χ2v) is 9.83. The van der Waals surface area contributed by atoms with Crippen molar-refractivity contribution in [3.8, 4) is 0 Å². The molecule has 1 unspecified atom stereocenters. The highest BCUT2D eigenvalue weighted by Gasteiger charge is 2.22. The monoisotopic (exact) mass is 533 g/mol. The molecule has 39 heavy (non-hydrogen) atoms. The van der Waals surface area contributed by atoms with Gasteiger partial charge in [0, 0.05) is 50.5 Å². The van der Waals surface area contributed by atoms with E-state index in [1.54, 1.807) is 4.57 Å². The largest absolute Gasteiger partial charge is 0.399 e. The Balaban J connectivity index is 1.84. The quantitative estimate of drug-likeness (QED) is 0.152. The van der Waals surface area contributed by atoms with E-state index in [0.717, 1.165) is 11.1 Å². The molecule has 6 N–H and O–H groups in total. The Kier molecular flexibility index (Phi) is 9.21. The number of aromatic nitrogens is 4. The highest BCUT2D eigenvalue weighted by molar-refractivity contribution is 5.71. The molecule has 2 aromatic heterocycles. The van der Waals surface area contributed by atoms with E-state index in [1.165, 1.54) is 4.57 Å². The zero-order valence-electron chi connectivity index (χ0n) is 22.8. The van der Waals surface area contributed by atoms with Crippen LogP contribution in [0.5, 0.6) is 0 Å². The van der Waals surface area contributed by atoms with E-state index in [2.05, 4.69) is 5.32 Å². The molecule has 2 heterocycles. The first kappa shape index (κ1) is 28.1. The Bertz CT molecular complexity index is 1540. The number of aryl methyl sites for hydroxylation is 2. The van der Waals surface area contributed by atoms with E-state index < -0.39 is 6.10 Å². The zero-order chi connectivity index (χ0) is 27.9. The van der Waals surface area contributed by atoms with Crippen molar-refractivity contribution in [2.75, 3.05) is 24.6 Å². The van der Waals surface area contributed by atoms with Crippen LogP contribution in [0.1, 0.15) is 43.6 Å². The molecular weight excluding hydrogens is 494 g/mol. The van der Waals surface area contributed by atoms with Crippen LogP contribution in [-0.4, -0.2) is 43.0 Å². The SMILES string of the molecule is CCCn1c(=O)c2c(nc(Cc3ccccc3N)n2CCNCC(O)CC)n(CCc2ccccc2N)c1=O. The summed E-state index contributed by atoms with van der Waals surface area (Å²) in [5.74, 6) is 0.652. The summed E-state index contributed by atoms with van der Waals surface area (Å²) in [5.41, 5.74) is 15.6. The van der Waals surface area contributed by atoms with Crippen LogP contribution in [0.3, 0.4) is 0 Å². The molecule has 10 nitrogen and oxygen atoms in total. The van der Waals surface area contributed by atoms with Crippen LogP contribution >= 0.6 is 0 Å². The van der Waals surface area contributed by atoms with Crippen LogP contribution in [0.25, 0.3) is 11.2 Å². The van der Waals surface area contributed by atoms with Crippen molar-refractivity contribution in [1.29, 1.82) is 0 Å². The first-order chi connectivity index (χ1) is 18.8. The van der Waals surface area contributed by atoms with Crippen molar-refractivity contribution < 1.29 is 5.11 Å². The summed E-state index contributed by atoms with van der Waals surface area (Å²) in [6.07, 6.45) is 1.79. The maximum absolute atomic E-state index is 13.7. The number of anilines is 2. The Morgan fingerprint density at radius 1 is 0.897 bits per heavy atom. The van der Waals surface area contributed by atoms with E-state index in [-0.39, 0.29) is 11.2 Å². The number of nitrogen functional groups attached to an aromatic ring is 2. The van der Waals surface area contributed by atoms with E-state index >= 15 is 0 Å². The number of nitrogens with two attached hydrogens (primary N) is 2. The number of imidazole rings is 1. The fraction of sp³-hybridized carbons (Fsp3) is 0.414. The number of nitrogens with one attached hydrogen (secondary N) is 1. The zero-order valence-corrected chi connectivity index (χ0v) is 22.8. The van der Waals surface area contributed by atoms with E-state index in [4.69, 9.17) is 16.5 Å². The van der Waals surface area contributed by atoms with Gasteiger partial charge < -0.3 is 26.5 Å². The molecule has 4 aromatic rings. The molecule has 10 heteroatoms. The van der Waals surface area contributed by atoms with Gasteiger partial charge >= 0.3 is 5.69 Å². The van der Waals surface area contributed by atoms with Gasteiger partial charge in [-0.15, -0.1) is 0 Å². The topological polar surface area (TPSA) is 146 Å². The Morgan fingerprint density at radius 2 is 1.56 bits per heavy atom. The van der Waals surface area contributed by atoms with Gasteiger partial charge in [0.15, 0.2) is 11.2 Å². The molecule has 0 aliphatic carbocycles. The Morgan fingerprint density at radius 3 is 2.21 bits per heavy atom. The van der Waals surface area contributed by atoms with Gasteiger partial charge in [0.25, 0.3) is 5.56 Å². The number of aliphatic hydroxyl groups excluding tert-OH is 1. The summed E-state index contributed by atoms with van der Waals surface area (Å²) in [4.78, 5) is 32.2. The number of fused-ring (bicyclic) bond motifs is 1. The number of aliphatic hydroxyl groups is 1. The maximum atomic E-state index is 13.7. The Hall–Kier alpha value is -3.89. The van der Waals surface area contributed by atoms with Crippen molar-refractivity contribution in [3.63, 3.8) is 0 Å². The van der Waals surface area contributed by atoms with Gasteiger partial charge in [-0.25, -0.2) is 9.78 Å². The summed E-state index contributed by atoms with van der Waals surface area (Å²) in [7, 11) is 0. The maximum Gasteiger partial charge on any atom is 0.332 e. The minimum atomic E-state index is -0.439. The minimum Gasteiger partial charge on any atom is -0.399 e. The summed E-state index contributed by atoms with van der Waals surface area (Å²) in [6, 6.07) is 15.1. The fourth-order valence-corrected chi connectivity index (χ4v) is 4.80. The predicted molar refractivity (Wildman–Crippen MR) is 156 cm³/mol. The highest BCUT2D eigenvalue weighted by Crippen LogP contribution is 2.20. The molecule has 2 aromatic carbocycles. The smallest absolute Gasteiger partial charge is 0.332 e. The van der Waals surface area contributed by atoms with E-state index in [9.17, 15) is 14.7 Å². The number of rotatable bonds is 13. The average Bonchev–Trinajstić information content (AvgIpc) is 3.28. The van der Waals surface area contributed by atoms with Gasteiger partial charge in [-0.3, -0.25) is 13.9 Å². The van der Waals surface area contributed by atoms with E-state index in [0.29, 0.717) is 86.8 Å². The normalized spacial score (nSPS) is 12.3. The average molecular weight is 534 g/mol. The third kappa shape index (κ3) is 6.23. The van der Waals surface area contributed by atoms with Crippen molar-refractivity contribution in [2.45, 2.75) is 65.3 Å². The molecule has 0 saturated carbocycles. The van der Waals surface area contributed by atoms with Crippen molar-refractivity contribution in [1.82, 2.24) is 24.0 Å². The molecule has 0 aliphatic heterocycles. The molecule has 0 saturated heterocycles. The first-order valence-corrected chi connectivity index (χ1v) is 13.6. The predicted octanol–water partition coefficient (Wildman–Crippen LogP) is 2.13. The second kappa shape index (κ2) is 12.8. The molecule has 0 aliphatic rings. The van der Waals surface area contributed by atoms with Crippen molar-refractivity contribution in [3.05, 3.63) is 86.3 Å². The van der Waals surface area contributed by atoms with Gasteiger partial charge in [-0.1, -0.05) is 50.2 Å². The Labute approximate surface area is 227 Å². The molecule has 4 rings (SSSR count). The molecule has 0 radical (unpaired) electrons. The van der Waals surface area contributed by atoms with Crippen molar-refractivity contribution >= 4 is 22.5 Å². The summed E-state index contributed by atoms with van der Waals surface area (Å²) >= 11 is 0. The molecule has 1 atom stereocenters. The number of para-hydroxylation sites is 2. The lowest BCUT2D eigenvalue weighted by Crippen LogP contribution is -2.41. The van der Waals surface area contributed by atoms with Crippen LogP contribution in [0.15, 0.2) is 58.1 Å². The van der Waals surface area contributed by atoms with Gasteiger partial charge in [-0.2, -0.15) is 0 Å². The molecule has 0 spiro atoms. The lowest BCUT2D eigenvalue weighted by Gasteiger charge is -2.14. The van der Waals surface area contributed by atoms with Crippen LogP contribution in [0.2, 0.25) is 0 Å². The van der Waals surface area contributed by atoms with Crippen LogP contribution < -0.4 is 28.0 Å². The standard InChI is InChI=1S/C29H39N7O3/c1-3-15-36-28(38)26-27(35(29(36)39)16-13-20-9-5-7-11-23(20)30)33-25(18-21-10-6-8-12-24(21)31)34(26)17-14-32-19-22(37)4-2/h5-12,22,32,37H,3-4,13-19,30-31H2,1-2H3. The van der Waals surface area contributed by atoms with Gasteiger partial charge in [0.05, 0.1) is 6.10 Å².